The zero-order valence-electron chi connectivity index (χ0n) is 24.6. The maximum Gasteiger partial charge on any atom is 0.303 e. The Morgan fingerprint density at radius 2 is 1.51 bits per heavy atom. The lowest BCUT2D eigenvalue weighted by Crippen LogP contribution is -2.62. The Morgan fingerprint density at radius 1 is 0.930 bits per heavy atom. The molecule has 1 unspecified atom stereocenters. The van der Waals surface area contributed by atoms with E-state index in [0.29, 0.717) is 18.7 Å². The van der Waals surface area contributed by atoms with E-state index in [9.17, 15) is 33.9 Å². The number of Topliss-reactive ketones (excluding diaryl/α,β-unsaturated/α-hetero) is 1. The second kappa shape index (κ2) is 14.3. The molecular formula is C29H36ClNO12. The first-order valence-corrected chi connectivity index (χ1v) is 14.2. The Bertz CT molecular complexity index is 1270. The average molecular weight is 626 g/mol. The van der Waals surface area contributed by atoms with Gasteiger partial charge < -0.3 is 33.7 Å². The number of nitrogens with zero attached hydrogens (tertiary/aromatic N) is 1. The number of unbranched alkanes of at least 4 members (excludes halogenated alkanes) is 1. The van der Waals surface area contributed by atoms with Gasteiger partial charge in [-0.05, 0) is 24.6 Å². The largest absolute Gasteiger partial charge is 0.463 e. The zero-order chi connectivity index (χ0) is 32.1. The third-order valence-corrected chi connectivity index (χ3v) is 7.23. The van der Waals surface area contributed by atoms with Crippen molar-refractivity contribution in [3.8, 4) is 0 Å². The predicted molar refractivity (Wildman–Crippen MR) is 149 cm³/mol. The number of ether oxygens (including phenoxy) is 5. The number of aliphatic hydroxyl groups is 1. The molecular weight excluding hydrogens is 590 g/mol. The summed E-state index contributed by atoms with van der Waals surface area (Å²) >= 11 is 6.18. The van der Waals surface area contributed by atoms with Crippen LogP contribution < -0.4 is 4.90 Å². The number of anilines is 1. The molecule has 1 amide bonds. The monoisotopic (exact) mass is 625 g/mol. The minimum Gasteiger partial charge on any atom is -0.463 e. The fourth-order valence-corrected chi connectivity index (χ4v) is 5.47. The van der Waals surface area contributed by atoms with Gasteiger partial charge in [-0.3, -0.25) is 28.8 Å². The molecule has 2 aliphatic rings. The number of amides is 1. The van der Waals surface area contributed by atoms with E-state index >= 15 is 0 Å². The molecule has 43 heavy (non-hydrogen) atoms. The van der Waals surface area contributed by atoms with Crippen LogP contribution in [0.3, 0.4) is 0 Å². The highest BCUT2D eigenvalue weighted by molar-refractivity contribution is 6.31. The van der Waals surface area contributed by atoms with Gasteiger partial charge in [0.2, 0.25) is 0 Å². The van der Waals surface area contributed by atoms with Gasteiger partial charge in [0, 0.05) is 57.7 Å². The molecule has 0 radical (unpaired) electrons. The molecule has 236 valence electrons. The van der Waals surface area contributed by atoms with E-state index in [-0.39, 0.29) is 10.6 Å². The molecule has 0 aromatic heterocycles. The molecule has 0 aliphatic carbocycles. The summed E-state index contributed by atoms with van der Waals surface area (Å²) in [6.45, 7) is 6.22. The standard InChI is InChI=1S/C29H36ClNO12/c1-6-7-10-31-22-9-8-19(30)11-21(22)29(38,28(31)37)13-20(36)12-23-25(40-16(3)33)27(42-18(5)35)26(41-17(4)34)24(43-23)14-39-15(2)32/h8-9,11,23-27,38H,6-7,10,12-14H2,1-5H3/t23-,24+,25-,26+,27+,29?/m0/s1. The lowest BCUT2D eigenvalue weighted by molar-refractivity contribution is -0.252. The minimum atomic E-state index is -2.23. The summed E-state index contributed by atoms with van der Waals surface area (Å²) in [5.41, 5.74) is -1.62. The zero-order valence-corrected chi connectivity index (χ0v) is 25.4. The Hall–Kier alpha value is -3.55. The third-order valence-electron chi connectivity index (χ3n) is 7.00. The van der Waals surface area contributed by atoms with Crippen molar-refractivity contribution in [2.45, 2.75) is 96.4 Å². The minimum absolute atomic E-state index is 0.177. The van der Waals surface area contributed by atoms with Crippen LogP contribution in [0.25, 0.3) is 0 Å². The summed E-state index contributed by atoms with van der Waals surface area (Å²) in [7, 11) is 0. The SMILES string of the molecule is CCCCN1C(=O)C(O)(CC(=O)C[C@@H]2O[C@H](COC(C)=O)[C@@H](OC(C)=O)[C@H](OC(C)=O)[C@H]2OC(C)=O)c2cc(Cl)ccc21. The van der Waals surface area contributed by atoms with Gasteiger partial charge in [0.1, 0.15) is 24.6 Å². The molecule has 0 saturated carbocycles. The van der Waals surface area contributed by atoms with Crippen LogP contribution in [-0.2, 0) is 58.1 Å². The molecule has 1 aromatic carbocycles. The second-order valence-corrected chi connectivity index (χ2v) is 10.9. The van der Waals surface area contributed by atoms with Crippen molar-refractivity contribution in [1.82, 2.24) is 0 Å². The molecule has 14 heteroatoms. The van der Waals surface area contributed by atoms with E-state index in [1.807, 2.05) is 6.92 Å². The number of benzene rings is 1. The number of esters is 4. The highest BCUT2D eigenvalue weighted by Crippen LogP contribution is 2.44. The van der Waals surface area contributed by atoms with Gasteiger partial charge in [0.05, 0.1) is 5.69 Å². The Labute approximate surface area is 253 Å². The van der Waals surface area contributed by atoms with Crippen LogP contribution in [0.5, 0.6) is 0 Å². The maximum atomic E-state index is 13.6. The summed E-state index contributed by atoms with van der Waals surface area (Å²) in [4.78, 5) is 76.1. The molecule has 6 atom stereocenters. The number of halogens is 1. The molecule has 2 aliphatic heterocycles. The van der Waals surface area contributed by atoms with E-state index in [1.165, 1.54) is 11.0 Å². The number of hydrogen-bond acceptors (Lipinski definition) is 12. The molecule has 1 aromatic rings. The van der Waals surface area contributed by atoms with Crippen LogP contribution in [0.15, 0.2) is 18.2 Å². The van der Waals surface area contributed by atoms with E-state index in [2.05, 4.69) is 0 Å². The lowest BCUT2D eigenvalue weighted by atomic mass is 9.86. The molecule has 2 heterocycles. The van der Waals surface area contributed by atoms with Gasteiger partial charge in [-0.1, -0.05) is 24.9 Å². The molecule has 0 bridgehead atoms. The first-order valence-electron chi connectivity index (χ1n) is 13.8. The van der Waals surface area contributed by atoms with E-state index < -0.39 is 91.1 Å². The first-order chi connectivity index (χ1) is 20.2. The van der Waals surface area contributed by atoms with Crippen LogP contribution >= 0.6 is 11.6 Å². The van der Waals surface area contributed by atoms with Crippen molar-refractivity contribution in [2.75, 3.05) is 18.1 Å². The number of carbonyl (C=O) groups is 6. The summed E-state index contributed by atoms with van der Waals surface area (Å²) in [5, 5.41) is 11.9. The number of hydrogen-bond donors (Lipinski definition) is 1. The molecule has 0 spiro atoms. The molecule has 1 saturated heterocycles. The van der Waals surface area contributed by atoms with Crippen molar-refractivity contribution in [3.05, 3.63) is 28.8 Å². The maximum absolute atomic E-state index is 13.6. The summed E-state index contributed by atoms with van der Waals surface area (Å²) in [5.74, 6) is -4.46. The molecule has 13 nitrogen and oxygen atoms in total. The number of rotatable bonds is 12. The number of fused-ring (bicyclic) bond motifs is 1. The highest BCUT2D eigenvalue weighted by atomic mass is 35.5. The average Bonchev–Trinajstić information content (AvgIpc) is 3.09. The van der Waals surface area contributed by atoms with E-state index in [1.54, 1.807) is 12.1 Å². The summed E-state index contributed by atoms with van der Waals surface area (Å²) < 4.78 is 27.2. The van der Waals surface area contributed by atoms with Gasteiger partial charge in [0.15, 0.2) is 23.9 Å². The van der Waals surface area contributed by atoms with Crippen molar-refractivity contribution >= 4 is 52.9 Å². The second-order valence-electron chi connectivity index (χ2n) is 10.5. The fraction of sp³-hybridized carbons (Fsp3) is 0.586. The van der Waals surface area contributed by atoms with Crippen molar-refractivity contribution in [3.63, 3.8) is 0 Å². The first kappa shape index (κ1) is 33.9. The van der Waals surface area contributed by atoms with Crippen molar-refractivity contribution in [1.29, 1.82) is 0 Å². The smallest absolute Gasteiger partial charge is 0.303 e. The van der Waals surface area contributed by atoms with Crippen LogP contribution in [0.4, 0.5) is 5.69 Å². The molecule has 1 fully saturated rings. The van der Waals surface area contributed by atoms with Gasteiger partial charge in [0.25, 0.3) is 5.91 Å². The predicted octanol–water partition coefficient (Wildman–Crippen LogP) is 2.15. The van der Waals surface area contributed by atoms with Gasteiger partial charge in [-0.25, -0.2) is 0 Å². The van der Waals surface area contributed by atoms with Gasteiger partial charge in [-0.15, -0.1) is 0 Å². The topological polar surface area (TPSA) is 172 Å². The quantitative estimate of drug-likeness (QED) is 0.265. The lowest BCUT2D eigenvalue weighted by Gasteiger charge is -2.44. The van der Waals surface area contributed by atoms with E-state index in [0.717, 1.165) is 34.1 Å². The summed E-state index contributed by atoms with van der Waals surface area (Å²) in [6.07, 6.45) is -6.58. The summed E-state index contributed by atoms with van der Waals surface area (Å²) in [6, 6.07) is 4.62. The Morgan fingerprint density at radius 3 is 2.07 bits per heavy atom. The van der Waals surface area contributed by atoms with Crippen molar-refractivity contribution < 1.29 is 57.6 Å². The van der Waals surface area contributed by atoms with Crippen LogP contribution in [0.2, 0.25) is 5.02 Å². The third kappa shape index (κ3) is 8.09. The highest BCUT2D eigenvalue weighted by Gasteiger charge is 2.54. The van der Waals surface area contributed by atoms with Crippen LogP contribution in [0, 0.1) is 0 Å². The van der Waals surface area contributed by atoms with Crippen LogP contribution in [-0.4, -0.2) is 84.3 Å². The van der Waals surface area contributed by atoms with Gasteiger partial charge >= 0.3 is 23.9 Å². The van der Waals surface area contributed by atoms with Crippen LogP contribution in [0.1, 0.15) is 65.9 Å². The Balaban J connectivity index is 1.96. The molecule has 1 N–H and O–H groups in total. The van der Waals surface area contributed by atoms with Gasteiger partial charge in [-0.2, -0.15) is 0 Å². The van der Waals surface area contributed by atoms with Crippen molar-refractivity contribution in [2.24, 2.45) is 0 Å². The normalized spacial score (nSPS) is 26.3. The molecule has 3 rings (SSSR count). The number of carbonyl (C=O) groups excluding carboxylic acids is 6. The van der Waals surface area contributed by atoms with E-state index in [4.69, 9.17) is 35.3 Å². The number of ketones is 1. The fourth-order valence-electron chi connectivity index (χ4n) is 5.30. The Kier molecular flexibility index (Phi) is 11.3.